The van der Waals surface area contributed by atoms with Crippen LogP contribution < -0.4 is 10.1 Å². The summed E-state index contributed by atoms with van der Waals surface area (Å²) in [5.41, 5.74) is -3.35. The third-order valence-corrected chi connectivity index (χ3v) is 4.32. The Morgan fingerprint density at radius 1 is 1.31 bits per heavy atom. The minimum Gasteiger partial charge on any atom is -0.494 e. The summed E-state index contributed by atoms with van der Waals surface area (Å²) in [7, 11) is 0. The molecule has 1 aliphatic rings. The van der Waals surface area contributed by atoms with Crippen molar-refractivity contribution in [3.8, 4) is 5.75 Å². The molecule has 10 heteroatoms. The molecule has 2 amide bonds. The molecule has 2 N–H and O–H groups in total. The van der Waals surface area contributed by atoms with E-state index in [4.69, 9.17) is 4.74 Å². The Balaban J connectivity index is 2.18. The number of carbonyl (C=O) groups excluding carboxylic acids is 2. The second kappa shape index (κ2) is 8.81. The number of rotatable bonds is 6. The third kappa shape index (κ3) is 5.26. The summed E-state index contributed by atoms with van der Waals surface area (Å²) in [6, 6.07) is 5.95. The standard InChI is InChI=1S/C19H24F3N3O4/c1-4-29-15-9-7-13(8-10-15)23-16(26)17(27)25-18(28,19(20,21)22)11-14(24-25)6-5-12(2)3/h7-10,12,28H,4-6,11H2,1-3H3,(H,23,26). The number of carbonyl (C=O) groups is 2. The largest absolute Gasteiger partial charge is 0.494 e. The van der Waals surface area contributed by atoms with E-state index < -0.39 is 30.1 Å². The van der Waals surface area contributed by atoms with Crippen LogP contribution in [0.4, 0.5) is 18.9 Å². The van der Waals surface area contributed by atoms with Crippen molar-refractivity contribution in [3.63, 3.8) is 0 Å². The normalized spacial score (nSPS) is 19.3. The van der Waals surface area contributed by atoms with Crippen LogP contribution in [0.2, 0.25) is 0 Å². The number of amides is 2. The van der Waals surface area contributed by atoms with Crippen LogP contribution >= 0.6 is 0 Å². The van der Waals surface area contributed by atoms with Gasteiger partial charge < -0.3 is 15.2 Å². The Morgan fingerprint density at radius 3 is 2.45 bits per heavy atom. The van der Waals surface area contributed by atoms with Crippen LogP contribution in [0.1, 0.15) is 40.0 Å². The molecular formula is C19H24F3N3O4. The predicted molar refractivity (Wildman–Crippen MR) is 100 cm³/mol. The summed E-state index contributed by atoms with van der Waals surface area (Å²) < 4.78 is 45.7. The van der Waals surface area contributed by atoms with Crippen LogP contribution in [0, 0.1) is 5.92 Å². The molecule has 1 unspecified atom stereocenters. The highest BCUT2D eigenvalue weighted by Crippen LogP contribution is 2.41. The smallest absolute Gasteiger partial charge is 0.438 e. The number of hydrogen-bond donors (Lipinski definition) is 2. The molecule has 0 aliphatic carbocycles. The zero-order valence-corrected chi connectivity index (χ0v) is 16.4. The molecule has 2 rings (SSSR count). The average Bonchev–Trinajstić information content (AvgIpc) is 2.99. The first-order chi connectivity index (χ1) is 13.5. The van der Waals surface area contributed by atoms with Crippen LogP contribution in [-0.2, 0) is 9.59 Å². The second-order valence-electron chi connectivity index (χ2n) is 7.12. The highest BCUT2D eigenvalue weighted by atomic mass is 19.4. The second-order valence-corrected chi connectivity index (χ2v) is 7.12. The summed E-state index contributed by atoms with van der Waals surface area (Å²) in [5, 5.41) is 15.9. The third-order valence-electron chi connectivity index (χ3n) is 4.32. The fourth-order valence-corrected chi connectivity index (χ4v) is 2.73. The molecule has 1 aromatic rings. The molecule has 29 heavy (non-hydrogen) atoms. The van der Waals surface area contributed by atoms with Crippen molar-refractivity contribution in [2.75, 3.05) is 11.9 Å². The Labute approximate surface area is 166 Å². The summed E-state index contributed by atoms with van der Waals surface area (Å²) >= 11 is 0. The molecule has 0 aromatic heterocycles. The van der Waals surface area contributed by atoms with E-state index in [1.165, 1.54) is 24.3 Å². The van der Waals surface area contributed by atoms with Gasteiger partial charge in [0.1, 0.15) is 5.75 Å². The van der Waals surface area contributed by atoms with E-state index in [2.05, 4.69) is 10.4 Å². The van der Waals surface area contributed by atoms with Crippen LogP contribution in [0.15, 0.2) is 29.4 Å². The van der Waals surface area contributed by atoms with Gasteiger partial charge in [0, 0.05) is 17.8 Å². The lowest BCUT2D eigenvalue weighted by molar-refractivity contribution is -0.301. The molecule has 0 radical (unpaired) electrons. The number of alkyl halides is 3. The summed E-state index contributed by atoms with van der Waals surface area (Å²) in [5.74, 6) is -2.21. The molecule has 0 spiro atoms. The van der Waals surface area contributed by atoms with Gasteiger partial charge in [-0.1, -0.05) is 13.8 Å². The van der Waals surface area contributed by atoms with Crippen LogP contribution in [0.3, 0.4) is 0 Å². The van der Waals surface area contributed by atoms with Crippen molar-refractivity contribution >= 4 is 23.2 Å². The molecule has 1 heterocycles. The van der Waals surface area contributed by atoms with E-state index in [0.717, 1.165) is 0 Å². The van der Waals surface area contributed by atoms with Gasteiger partial charge >= 0.3 is 18.0 Å². The number of nitrogens with zero attached hydrogens (tertiary/aromatic N) is 2. The quantitative estimate of drug-likeness (QED) is 0.698. The number of nitrogens with one attached hydrogen (secondary N) is 1. The molecule has 0 saturated heterocycles. The van der Waals surface area contributed by atoms with Gasteiger partial charge in [0.05, 0.1) is 6.61 Å². The number of benzene rings is 1. The lowest BCUT2D eigenvalue weighted by atomic mass is 9.99. The first-order valence-electron chi connectivity index (χ1n) is 9.21. The topological polar surface area (TPSA) is 91.2 Å². The van der Waals surface area contributed by atoms with Crippen molar-refractivity contribution in [3.05, 3.63) is 24.3 Å². The first-order valence-corrected chi connectivity index (χ1v) is 9.21. The molecule has 160 valence electrons. The molecule has 1 aromatic carbocycles. The summed E-state index contributed by atoms with van der Waals surface area (Å²) in [4.78, 5) is 24.6. The fourth-order valence-electron chi connectivity index (χ4n) is 2.73. The van der Waals surface area contributed by atoms with Gasteiger partial charge in [-0.05, 0) is 49.9 Å². The minimum atomic E-state index is -5.18. The van der Waals surface area contributed by atoms with Crippen molar-refractivity contribution in [1.82, 2.24) is 5.01 Å². The molecule has 0 fully saturated rings. The monoisotopic (exact) mass is 415 g/mol. The van der Waals surface area contributed by atoms with E-state index in [9.17, 15) is 27.9 Å². The zero-order chi connectivity index (χ0) is 21.8. The predicted octanol–water partition coefficient (Wildman–Crippen LogP) is 3.30. The lowest BCUT2D eigenvalue weighted by Crippen LogP contribution is -2.58. The van der Waals surface area contributed by atoms with Gasteiger partial charge in [-0.2, -0.15) is 23.3 Å². The Morgan fingerprint density at radius 2 is 1.93 bits per heavy atom. The Bertz CT molecular complexity index is 778. The Kier molecular flexibility index (Phi) is 6.89. The maximum atomic E-state index is 13.5. The number of ether oxygens (including phenoxy) is 1. The number of aliphatic hydroxyl groups is 1. The van der Waals surface area contributed by atoms with Gasteiger partial charge in [0.25, 0.3) is 5.72 Å². The van der Waals surface area contributed by atoms with Crippen molar-refractivity contribution in [1.29, 1.82) is 0 Å². The number of hydrogen-bond acceptors (Lipinski definition) is 5. The van der Waals surface area contributed by atoms with Crippen LogP contribution in [0.5, 0.6) is 5.75 Å². The van der Waals surface area contributed by atoms with Gasteiger partial charge in [0.15, 0.2) is 0 Å². The van der Waals surface area contributed by atoms with Gasteiger partial charge in [-0.15, -0.1) is 0 Å². The molecule has 0 bridgehead atoms. The lowest BCUT2D eigenvalue weighted by Gasteiger charge is -2.32. The highest BCUT2D eigenvalue weighted by Gasteiger charge is 2.63. The molecule has 1 aliphatic heterocycles. The molecule has 7 nitrogen and oxygen atoms in total. The number of hydrazone groups is 1. The van der Waals surface area contributed by atoms with E-state index in [1.807, 2.05) is 13.8 Å². The SMILES string of the molecule is CCOc1ccc(NC(=O)C(=O)N2N=C(CCC(C)C)CC2(O)C(F)(F)F)cc1. The Hall–Kier alpha value is -2.62. The van der Waals surface area contributed by atoms with E-state index >= 15 is 0 Å². The van der Waals surface area contributed by atoms with Crippen LogP contribution in [-0.4, -0.2) is 46.1 Å². The summed E-state index contributed by atoms with van der Waals surface area (Å²) in [6.07, 6.45) is -5.34. The number of anilines is 1. The highest BCUT2D eigenvalue weighted by molar-refractivity contribution is 6.39. The minimum absolute atomic E-state index is 0.0146. The van der Waals surface area contributed by atoms with E-state index in [-0.39, 0.29) is 28.7 Å². The maximum absolute atomic E-state index is 13.5. The molecular weight excluding hydrogens is 391 g/mol. The number of halogens is 3. The molecule has 1 atom stereocenters. The van der Waals surface area contributed by atoms with E-state index in [1.54, 1.807) is 6.92 Å². The fraction of sp³-hybridized carbons (Fsp3) is 0.526. The van der Waals surface area contributed by atoms with Crippen molar-refractivity contribution in [2.45, 2.75) is 51.9 Å². The van der Waals surface area contributed by atoms with Crippen molar-refractivity contribution < 1.29 is 32.6 Å². The zero-order valence-electron chi connectivity index (χ0n) is 16.4. The van der Waals surface area contributed by atoms with Gasteiger partial charge in [0.2, 0.25) is 0 Å². The van der Waals surface area contributed by atoms with E-state index in [0.29, 0.717) is 18.8 Å². The van der Waals surface area contributed by atoms with Gasteiger partial charge in [-0.3, -0.25) is 9.59 Å². The maximum Gasteiger partial charge on any atom is 0.438 e. The van der Waals surface area contributed by atoms with Gasteiger partial charge in [-0.25, -0.2) is 0 Å². The first kappa shape index (κ1) is 22.7. The average molecular weight is 415 g/mol. The molecule has 0 saturated carbocycles. The van der Waals surface area contributed by atoms with Crippen molar-refractivity contribution in [2.24, 2.45) is 11.0 Å². The summed E-state index contributed by atoms with van der Waals surface area (Å²) in [6.45, 7) is 6.01. The van der Waals surface area contributed by atoms with Crippen LogP contribution in [0.25, 0.3) is 0 Å².